The number of nitrogens with one attached hydrogen (secondary N) is 3. The van der Waals surface area contributed by atoms with Crippen LogP contribution in [0.15, 0.2) is 73.3 Å². The summed E-state index contributed by atoms with van der Waals surface area (Å²) in [4.78, 5) is 24.5. The minimum absolute atomic E-state index is 0.0668. The fraction of sp³-hybridized carbons (Fsp3) is 0.364. The highest BCUT2D eigenvalue weighted by Gasteiger charge is 2.27. The molecule has 1 amide bonds. The molecule has 2 aromatic carbocycles. The highest BCUT2D eigenvalue weighted by atomic mass is 19.1. The Labute approximate surface area is 251 Å². The largest absolute Gasteiger partial charge is 0.461 e. The average Bonchev–Trinajstić information content (AvgIpc) is 3.41. The molecule has 2 fully saturated rings. The maximum atomic E-state index is 13.4. The van der Waals surface area contributed by atoms with Crippen LogP contribution in [0.3, 0.4) is 0 Å². The van der Waals surface area contributed by atoms with Crippen molar-refractivity contribution in [1.82, 2.24) is 29.9 Å². The summed E-state index contributed by atoms with van der Waals surface area (Å²) in [5.74, 6) is 2.23. The van der Waals surface area contributed by atoms with Crippen LogP contribution in [0.2, 0.25) is 0 Å². The summed E-state index contributed by atoms with van der Waals surface area (Å²) in [5, 5.41) is 10.2. The van der Waals surface area contributed by atoms with Gasteiger partial charge in [0.05, 0.1) is 11.9 Å². The van der Waals surface area contributed by atoms with E-state index in [4.69, 9.17) is 4.74 Å². The lowest BCUT2D eigenvalue weighted by atomic mass is 9.92. The van der Waals surface area contributed by atoms with Crippen LogP contribution in [0.1, 0.15) is 35.7 Å². The monoisotopic (exact) mass is 583 g/mol. The number of ether oxygens (including phenoxy) is 1. The first-order chi connectivity index (χ1) is 20.9. The van der Waals surface area contributed by atoms with Crippen LogP contribution >= 0.6 is 0 Å². The quantitative estimate of drug-likeness (QED) is 0.233. The van der Waals surface area contributed by atoms with Crippen molar-refractivity contribution in [2.24, 2.45) is 11.8 Å². The summed E-state index contributed by atoms with van der Waals surface area (Å²) >= 11 is 0. The molecule has 2 saturated heterocycles. The van der Waals surface area contributed by atoms with Gasteiger partial charge in [0.15, 0.2) is 11.5 Å². The number of piperidine rings is 1. The molecule has 1 atom stereocenters. The molecule has 2 aliphatic rings. The van der Waals surface area contributed by atoms with Crippen molar-refractivity contribution in [2.45, 2.75) is 33.0 Å². The van der Waals surface area contributed by atoms with Crippen molar-refractivity contribution in [3.05, 3.63) is 84.5 Å². The van der Waals surface area contributed by atoms with Gasteiger partial charge in [0.25, 0.3) is 5.91 Å². The zero-order chi connectivity index (χ0) is 29.9. The molecule has 4 aromatic rings. The minimum atomic E-state index is -1.37. The number of carbonyl (C=O) groups is 1. The zero-order valence-corrected chi connectivity index (χ0v) is 24.6. The van der Waals surface area contributed by atoms with Crippen LogP contribution < -0.4 is 20.7 Å². The van der Waals surface area contributed by atoms with Gasteiger partial charge in [-0.05, 0) is 67.8 Å². The second kappa shape index (κ2) is 12.4. The van der Waals surface area contributed by atoms with Gasteiger partial charge in [0, 0.05) is 86.4 Å². The summed E-state index contributed by atoms with van der Waals surface area (Å²) in [6.07, 6.45) is 5.83. The molecule has 0 saturated carbocycles. The molecular weight excluding hydrogens is 545 g/mol. The lowest BCUT2D eigenvalue weighted by molar-refractivity contribution is 0.0699. The van der Waals surface area contributed by atoms with Gasteiger partial charge in [-0.15, -0.1) is 0 Å². The second-order valence-corrected chi connectivity index (χ2v) is 11.4. The number of aryl methyl sites for hydroxylation is 1. The van der Waals surface area contributed by atoms with E-state index in [9.17, 15) is 9.18 Å². The molecule has 0 radical (unpaired) electrons. The Morgan fingerprint density at radius 1 is 1.16 bits per heavy atom. The molecular formula is C33H38FN7O2. The Hall–Kier alpha value is -4.44. The van der Waals surface area contributed by atoms with Gasteiger partial charge >= 0.3 is 0 Å². The Kier molecular flexibility index (Phi) is 8.29. The van der Waals surface area contributed by atoms with E-state index in [0.717, 1.165) is 73.8 Å². The minimum Gasteiger partial charge on any atom is -0.461 e. The summed E-state index contributed by atoms with van der Waals surface area (Å²) in [6, 6.07) is 13.0. The lowest BCUT2D eigenvalue weighted by Gasteiger charge is -2.35. The van der Waals surface area contributed by atoms with E-state index in [2.05, 4.69) is 32.5 Å². The third kappa shape index (κ3) is 6.34. The number of carbonyl (C=O) groups excluding carboxylic acids is 1. The molecule has 0 spiro atoms. The summed E-state index contributed by atoms with van der Waals surface area (Å²) in [6.45, 7) is 12.2. The SMILES string of the molecule is C=C(NCC1CNC1)C1CCN(C(=O)c2ccc(Nc3nccn4c(-c5ccc(OC(C)F)cc5)cnc34)cc2C)CC1. The number of hydrogen-bond acceptors (Lipinski definition) is 7. The van der Waals surface area contributed by atoms with Crippen molar-refractivity contribution in [1.29, 1.82) is 0 Å². The van der Waals surface area contributed by atoms with Crippen LogP contribution in [0.4, 0.5) is 15.9 Å². The van der Waals surface area contributed by atoms with Crippen LogP contribution in [0, 0.1) is 18.8 Å². The van der Waals surface area contributed by atoms with E-state index in [1.54, 1.807) is 24.5 Å². The van der Waals surface area contributed by atoms with Crippen LogP contribution in [0.25, 0.3) is 16.9 Å². The van der Waals surface area contributed by atoms with E-state index in [1.165, 1.54) is 6.92 Å². The number of nitrogens with zero attached hydrogens (tertiary/aromatic N) is 4. The number of fused-ring (bicyclic) bond motifs is 1. The van der Waals surface area contributed by atoms with Gasteiger partial charge in [-0.2, -0.15) is 0 Å². The number of amides is 1. The zero-order valence-electron chi connectivity index (χ0n) is 24.6. The maximum absolute atomic E-state index is 13.4. The predicted octanol–water partition coefficient (Wildman–Crippen LogP) is 5.32. The summed E-state index contributed by atoms with van der Waals surface area (Å²) in [5.41, 5.74) is 5.99. The van der Waals surface area contributed by atoms with Crippen LogP contribution in [-0.4, -0.2) is 64.3 Å². The highest BCUT2D eigenvalue weighted by Crippen LogP contribution is 2.29. The smallest absolute Gasteiger partial charge is 0.254 e. The number of aromatic nitrogens is 3. The Balaban J connectivity index is 1.10. The number of hydrogen-bond donors (Lipinski definition) is 3. The number of benzene rings is 2. The van der Waals surface area contributed by atoms with Crippen LogP contribution in [0.5, 0.6) is 5.75 Å². The van der Waals surface area contributed by atoms with Crippen LogP contribution in [-0.2, 0) is 0 Å². The van der Waals surface area contributed by atoms with E-state index in [1.807, 2.05) is 52.8 Å². The van der Waals surface area contributed by atoms with Gasteiger partial charge in [0.2, 0.25) is 6.36 Å². The second-order valence-electron chi connectivity index (χ2n) is 11.4. The van der Waals surface area contributed by atoms with Crippen molar-refractivity contribution in [3.63, 3.8) is 0 Å². The number of rotatable bonds is 10. The number of anilines is 2. The number of likely N-dealkylation sites (tertiary alicyclic amines) is 1. The molecule has 1 unspecified atom stereocenters. The summed E-state index contributed by atoms with van der Waals surface area (Å²) in [7, 11) is 0. The number of halogens is 1. The fourth-order valence-corrected chi connectivity index (χ4v) is 5.74. The standard InChI is InChI=1S/C33H38FN7O2/c1-21-16-27(6-9-29(21)33(42)40-13-10-25(11-14-40)22(2)37-19-24-17-35-18-24)39-31-32-38-20-30(41(32)15-12-36-31)26-4-7-28(8-5-26)43-23(3)34/h4-9,12,15-16,20,23-25,35,37H,2,10-11,13-14,17-19H2,1,3H3,(H,36,39). The summed E-state index contributed by atoms with van der Waals surface area (Å²) < 4.78 is 20.2. The molecule has 43 heavy (non-hydrogen) atoms. The molecule has 0 aliphatic carbocycles. The lowest BCUT2D eigenvalue weighted by Crippen LogP contribution is -2.47. The first-order valence-corrected chi connectivity index (χ1v) is 14.9. The topological polar surface area (TPSA) is 95.8 Å². The Morgan fingerprint density at radius 2 is 1.93 bits per heavy atom. The van der Waals surface area contributed by atoms with Crippen molar-refractivity contribution in [2.75, 3.05) is 38.0 Å². The molecule has 6 rings (SSSR count). The van der Waals surface area contributed by atoms with Gasteiger partial charge in [-0.3, -0.25) is 9.20 Å². The average molecular weight is 584 g/mol. The maximum Gasteiger partial charge on any atom is 0.254 e. The molecule has 4 heterocycles. The number of allylic oxidation sites excluding steroid dienone is 1. The predicted molar refractivity (Wildman–Crippen MR) is 166 cm³/mol. The molecule has 3 N–H and O–H groups in total. The first-order valence-electron chi connectivity index (χ1n) is 14.9. The first kappa shape index (κ1) is 28.7. The number of alkyl halides is 1. The van der Waals surface area contributed by atoms with E-state index >= 15 is 0 Å². The molecule has 9 nitrogen and oxygen atoms in total. The fourth-order valence-electron chi connectivity index (χ4n) is 5.74. The highest BCUT2D eigenvalue weighted by molar-refractivity contribution is 5.96. The van der Waals surface area contributed by atoms with Crippen molar-refractivity contribution >= 4 is 23.1 Å². The van der Waals surface area contributed by atoms with E-state index in [-0.39, 0.29) is 5.91 Å². The normalized spacial score (nSPS) is 16.5. The van der Waals surface area contributed by atoms with E-state index < -0.39 is 6.36 Å². The van der Waals surface area contributed by atoms with Crippen molar-refractivity contribution < 1.29 is 13.9 Å². The van der Waals surface area contributed by atoms with E-state index in [0.29, 0.717) is 34.6 Å². The Morgan fingerprint density at radius 3 is 2.60 bits per heavy atom. The van der Waals surface area contributed by atoms with Gasteiger partial charge in [0.1, 0.15) is 5.75 Å². The number of imidazole rings is 1. The molecule has 0 bridgehead atoms. The molecule has 2 aliphatic heterocycles. The van der Waals surface area contributed by atoms with Gasteiger partial charge in [-0.1, -0.05) is 6.58 Å². The molecule has 2 aromatic heterocycles. The molecule has 224 valence electrons. The van der Waals surface area contributed by atoms with Crippen molar-refractivity contribution in [3.8, 4) is 17.0 Å². The molecule has 10 heteroatoms. The third-order valence-corrected chi connectivity index (χ3v) is 8.35. The Bertz CT molecular complexity index is 1610. The van der Waals surface area contributed by atoms with Gasteiger partial charge in [-0.25, -0.2) is 14.4 Å². The third-order valence-electron chi connectivity index (χ3n) is 8.35. The van der Waals surface area contributed by atoms with Gasteiger partial charge < -0.3 is 25.6 Å².